The molecule has 0 radical (unpaired) electrons. The Kier molecular flexibility index (Phi) is 3.47. The molecule has 20 heavy (non-hydrogen) atoms. The normalized spacial score (nSPS) is 12.4. The van der Waals surface area contributed by atoms with Crippen molar-refractivity contribution in [1.82, 2.24) is 19.5 Å². The molecule has 0 aromatic carbocycles. The minimum Gasteiger partial charge on any atom is -0.329 e. The lowest BCUT2D eigenvalue weighted by Crippen LogP contribution is -2.05. The van der Waals surface area contributed by atoms with Gasteiger partial charge in [0.1, 0.15) is 5.01 Å². The Morgan fingerprint density at radius 2 is 2.35 bits per heavy atom. The fraction of sp³-hybridized carbons (Fsp3) is 0.214. The zero-order chi connectivity index (χ0) is 13.9. The second-order valence-electron chi connectivity index (χ2n) is 4.44. The van der Waals surface area contributed by atoms with E-state index in [-0.39, 0.29) is 11.6 Å². The van der Waals surface area contributed by atoms with E-state index in [2.05, 4.69) is 26.4 Å². The average molecular weight is 286 g/mol. The SMILES string of the molecule is CCC(c1cnc(-c2ccc(=O)[nH]c2)s1)n1ccnc1. The van der Waals surface area contributed by atoms with Crippen molar-refractivity contribution in [2.45, 2.75) is 19.4 Å². The predicted molar refractivity (Wildman–Crippen MR) is 78.8 cm³/mol. The Morgan fingerprint density at radius 3 is 3.00 bits per heavy atom. The van der Waals surface area contributed by atoms with Gasteiger partial charge in [0.25, 0.3) is 0 Å². The first-order valence-electron chi connectivity index (χ1n) is 6.40. The molecule has 0 amide bonds. The molecule has 5 nitrogen and oxygen atoms in total. The van der Waals surface area contributed by atoms with Crippen molar-refractivity contribution in [3.05, 3.63) is 58.5 Å². The van der Waals surface area contributed by atoms with E-state index in [0.29, 0.717) is 0 Å². The van der Waals surface area contributed by atoms with Crippen molar-refractivity contribution in [3.8, 4) is 10.6 Å². The fourth-order valence-corrected chi connectivity index (χ4v) is 3.23. The van der Waals surface area contributed by atoms with E-state index in [1.165, 1.54) is 10.9 Å². The molecule has 0 saturated heterocycles. The van der Waals surface area contributed by atoms with Gasteiger partial charge in [0.15, 0.2) is 0 Å². The molecule has 1 N–H and O–H groups in total. The van der Waals surface area contributed by atoms with Gasteiger partial charge in [-0.25, -0.2) is 9.97 Å². The van der Waals surface area contributed by atoms with Gasteiger partial charge >= 0.3 is 0 Å². The Hall–Kier alpha value is -2.21. The summed E-state index contributed by atoms with van der Waals surface area (Å²) in [7, 11) is 0. The molecule has 3 rings (SSSR count). The van der Waals surface area contributed by atoms with E-state index in [1.54, 1.807) is 29.8 Å². The Balaban J connectivity index is 1.93. The number of rotatable bonds is 4. The minimum absolute atomic E-state index is 0.102. The second kappa shape index (κ2) is 5.42. The van der Waals surface area contributed by atoms with Crippen molar-refractivity contribution in [2.75, 3.05) is 0 Å². The van der Waals surface area contributed by atoms with Gasteiger partial charge in [-0.1, -0.05) is 6.92 Å². The van der Waals surface area contributed by atoms with Gasteiger partial charge in [-0.15, -0.1) is 11.3 Å². The van der Waals surface area contributed by atoms with Crippen molar-refractivity contribution >= 4 is 11.3 Å². The summed E-state index contributed by atoms with van der Waals surface area (Å²) in [6, 6.07) is 3.56. The summed E-state index contributed by atoms with van der Waals surface area (Å²) in [5.41, 5.74) is 0.830. The van der Waals surface area contributed by atoms with Gasteiger partial charge in [-0.3, -0.25) is 4.79 Å². The van der Waals surface area contributed by atoms with Crippen molar-refractivity contribution in [3.63, 3.8) is 0 Å². The third-order valence-corrected chi connectivity index (χ3v) is 4.30. The monoisotopic (exact) mass is 286 g/mol. The van der Waals surface area contributed by atoms with E-state index < -0.39 is 0 Å². The zero-order valence-electron chi connectivity index (χ0n) is 11.0. The van der Waals surface area contributed by atoms with Gasteiger partial charge < -0.3 is 9.55 Å². The van der Waals surface area contributed by atoms with Crippen LogP contribution >= 0.6 is 11.3 Å². The summed E-state index contributed by atoms with van der Waals surface area (Å²) in [5.74, 6) is 0. The molecule has 0 saturated carbocycles. The van der Waals surface area contributed by atoms with Gasteiger partial charge in [0, 0.05) is 41.3 Å². The minimum atomic E-state index is -0.102. The number of nitrogens with zero attached hydrogens (tertiary/aromatic N) is 3. The fourth-order valence-electron chi connectivity index (χ4n) is 2.13. The first-order chi connectivity index (χ1) is 9.78. The molecule has 6 heteroatoms. The lowest BCUT2D eigenvalue weighted by molar-refractivity contribution is 0.574. The molecule has 3 aromatic rings. The molecule has 1 atom stereocenters. The van der Waals surface area contributed by atoms with Gasteiger partial charge in [-0.05, 0) is 12.5 Å². The molecule has 0 bridgehead atoms. The third kappa shape index (κ3) is 2.42. The number of thiazole rings is 1. The Morgan fingerprint density at radius 1 is 1.45 bits per heavy atom. The summed E-state index contributed by atoms with van der Waals surface area (Å²) in [6.45, 7) is 2.14. The van der Waals surface area contributed by atoms with Crippen LogP contribution < -0.4 is 5.56 Å². The van der Waals surface area contributed by atoms with Crippen LogP contribution in [0.15, 0.2) is 48.0 Å². The number of aromatic nitrogens is 4. The third-order valence-electron chi connectivity index (χ3n) is 3.15. The number of pyridine rings is 1. The number of aromatic amines is 1. The van der Waals surface area contributed by atoms with Crippen LogP contribution in [0.3, 0.4) is 0 Å². The van der Waals surface area contributed by atoms with Crippen LogP contribution in [-0.2, 0) is 0 Å². The van der Waals surface area contributed by atoms with Crippen molar-refractivity contribution in [2.24, 2.45) is 0 Å². The maximum absolute atomic E-state index is 11.1. The summed E-state index contributed by atoms with van der Waals surface area (Å²) < 4.78 is 2.09. The van der Waals surface area contributed by atoms with Crippen LogP contribution in [0.5, 0.6) is 0 Å². The summed E-state index contributed by atoms with van der Waals surface area (Å²) >= 11 is 1.64. The predicted octanol–water partition coefficient (Wildman–Crippen LogP) is 2.69. The highest BCUT2D eigenvalue weighted by molar-refractivity contribution is 7.15. The first-order valence-corrected chi connectivity index (χ1v) is 7.22. The van der Waals surface area contributed by atoms with Crippen molar-refractivity contribution < 1.29 is 0 Å². The molecule has 0 fully saturated rings. The number of imidazole rings is 1. The largest absolute Gasteiger partial charge is 0.329 e. The molecular weight excluding hydrogens is 272 g/mol. The van der Waals surface area contributed by atoms with Crippen molar-refractivity contribution in [1.29, 1.82) is 0 Å². The number of hydrogen-bond acceptors (Lipinski definition) is 4. The topological polar surface area (TPSA) is 63.6 Å². The molecule has 102 valence electrons. The second-order valence-corrected chi connectivity index (χ2v) is 5.51. The van der Waals surface area contributed by atoms with E-state index in [9.17, 15) is 4.79 Å². The van der Waals surface area contributed by atoms with Gasteiger partial charge in [-0.2, -0.15) is 0 Å². The average Bonchev–Trinajstić information content (AvgIpc) is 3.12. The first kappa shape index (κ1) is 12.8. The smallest absolute Gasteiger partial charge is 0.247 e. The van der Waals surface area contributed by atoms with E-state index >= 15 is 0 Å². The number of nitrogens with one attached hydrogen (secondary N) is 1. The molecule has 0 aliphatic rings. The summed E-state index contributed by atoms with van der Waals surface area (Å²) in [5, 5.41) is 0.912. The summed E-state index contributed by atoms with van der Waals surface area (Å²) in [4.78, 5) is 23.5. The molecule has 0 aliphatic carbocycles. The highest BCUT2D eigenvalue weighted by Gasteiger charge is 2.15. The van der Waals surface area contributed by atoms with Crippen LogP contribution in [0, 0.1) is 0 Å². The Bertz CT molecular complexity index is 724. The van der Waals surface area contributed by atoms with Gasteiger partial charge in [0.05, 0.1) is 12.4 Å². The maximum Gasteiger partial charge on any atom is 0.247 e. The van der Waals surface area contributed by atoms with Crippen LogP contribution in [0.2, 0.25) is 0 Å². The highest BCUT2D eigenvalue weighted by Crippen LogP contribution is 2.31. The molecule has 0 spiro atoms. The highest BCUT2D eigenvalue weighted by atomic mass is 32.1. The molecule has 0 aliphatic heterocycles. The maximum atomic E-state index is 11.1. The van der Waals surface area contributed by atoms with Gasteiger partial charge in [0.2, 0.25) is 5.56 Å². The van der Waals surface area contributed by atoms with Crippen LogP contribution in [0.4, 0.5) is 0 Å². The molecule has 3 heterocycles. The Labute approximate surface area is 120 Å². The molecular formula is C14H14N4OS. The number of hydrogen-bond donors (Lipinski definition) is 1. The lowest BCUT2D eigenvalue weighted by atomic mass is 10.2. The van der Waals surface area contributed by atoms with E-state index in [1.807, 2.05) is 18.7 Å². The van der Waals surface area contributed by atoms with Crippen LogP contribution in [-0.4, -0.2) is 19.5 Å². The number of H-pyrrole nitrogens is 1. The summed E-state index contributed by atoms with van der Waals surface area (Å²) in [6.07, 6.45) is 10.2. The standard InChI is InChI=1S/C14H14N4OS/c1-2-11(18-6-5-15-9-18)12-8-17-14(20-12)10-3-4-13(19)16-7-10/h3-9,11H,2H2,1H3,(H,16,19). The van der Waals surface area contributed by atoms with E-state index in [0.717, 1.165) is 17.0 Å². The molecule has 1 unspecified atom stereocenters. The lowest BCUT2D eigenvalue weighted by Gasteiger charge is -2.13. The van der Waals surface area contributed by atoms with E-state index in [4.69, 9.17) is 0 Å². The van der Waals surface area contributed by atoms with Crippen LogP contribution in [0.25, 0.3) is 10.6 Å². The quantitative estimate of drug-likeness (QED) is 0.802. The van der Waals surface area contributed by atoms with Crippen LogP contribution in [0.1, 0.15) is 24.3 Å². The molecule has 3 aromatic heterocycles. The zero-order valence-corrected chi connectivity index (χ0v) is 11.8.